The third kappa shape index (κ3) is 3.75. The van der Waals surface area contributed by atoms with Crippen LogP contribution in [0.4, 0.5) is 0 Å². The molecule has 0 radical (unpaired) electrons. The third-order valence-electron chi connectivity index (χ3n) is 4.48. The molecule has 1 atom stereocenters. The van der Waals surface area contributed by atoms with Crippen molar-refractivity contribution in [1.29, 1.82) is 0 Å². The molecule has 0 aromatic heterocycles. The summed E-state index contributed by atoms with van der Waals surface area (Å²) in [4.78, 5) is 14.7. The standard InChI is InChI=1S/C19H22N2O3S/c1-20(15-16-9-4-2-5-10-16)19(22)18-13-8-14-21(18)25(23,24)17-11-6-3-7-12-17/h2-7,9-12,18H,8,13-15H2,1H3. The van der Waals surface area contributed by atoms with Crippen molar-refractivity contribution in [3.8, 4) is 0 Å². The summed E-state index contributed by atoms with van der Waals surface area (Å²) in [5, 5.41) is 0. The van der Waals surface area contributed by atoms with Crippen molar-refractivity contribution < 1.29 is 13.2 Å². The number of carbonyl (C=O) groups is 1. The Labute approximate surface area is 148 Å². The van der Waals surface area contributed by atoms with Gasteiger partial charge in [0.05, 0.1) is 4.90 Å². The summed E-state index contributed by atoms with van der Waals surface area (Å²) in [6.45, 7) is 0.849. The van der Waals surface area contributed by atoms with E-state index in [2.05, 4.69) is 0 Å². The molecule has 132 valence electrons. The van der Waals surface area contributed by atoms with E-state index in [0.29, 0.717) is 25.9 Å². The first kappa shape index (κ1) is 17.6. The first-order valence-electron chi connectivity index (χ1n) is 8.36. The number of carbonyl (C=O) groups excluding carboxylic acids is 1. The summed E-state index contributed by atoms with van der Waals surface area (Å²) in [5.41, 5.74) is 1.02. The Balaban J connectivity index is 1.78. The molecule has 0 spiro atoms. The molecule has 0 aliphatic carbocycles. The molecule has 1 heterocycles. The van der Waals surface area contributed by atoms with Crippen LogP contribution in [0.25, 0.3) is 0 Å². The molecular weight excluding hydrogens is 336 g/mol. The number of likely N-dealkylation sites (N-methyl/N-ethyl adjacent to an activating group) is 1. The zero-order chi connectivity index (χ0) is 17.9. The van der Waals surface area contributed by atoms with Crippen LogP contribution in [0.3, 0.4) is 0 Å². The Bertz CT molecular complexity index is 822. The molecule has 25 heavy (non-hydrogen) atoms. The van der Waals surface area contributed by atoms with Gasteiger partial charge in [0, 0.05) is 20.1 Å². The largest absolute Gasteiger partial charge is 0.340 e. The van der Waals surface area contributed by atoms with Crippen molar-refractivity contribution in [1.82, 2.24) is 9.21 Å². The molecule has 2 aromatic rings. The van der Waals surface area contributed by atoms with Gasteiger partial charge in [0.15, 0.2) is 0 Å². The summed E-state index contributed by atoms with van der Waals surface area (Å²) >= 11 is 0. The van der Waals surface area contributed by atoms with Crippen LogP contribution in [0.5, 0.6) is 0 Å². The van der Waals surface area contributed by atoms with Crippen LogP contribution < -0.4 is 0 Å². The van der Waals surface area contributed by atoms with E-state index in [1.54, 1.807) is 42.3 Å². The molecule has 0 saturated carbocycles. The topological polar surface area (TPSA) is 57.7 Å². The molecule has 6 heteroatoms. The second-order valence-electron chi connectivity index (χ2n) is 6.27. The Kier molecular flexibility index (Phi) is 5.20. The second kappa shape index (κ2) is 7.37. The van der Waals surface area contributed by atoms with E-state index in [4.69, 9.17) is 0 Å². The molecule has 2 aromatic carbocycles. The number of benzene rings is 2. The van der Waals surface area contributed by atoms with E-state index in [-0.39, 0.29) is 10.8 Å². The van der Waals surface area contributed by atoms with Crippen molar-refractivity contribution in [2.45, 2.75) is 30.3 Å². The fourth-order valence-corrected chi connectivity index (χ4v) is 4.86. The minimum atomic E-state index is -3.65. The van der Waals surface area contributed by atoms with Gasteiger partial charge in [-0.05, 0) is 30.5 Å². The van der Waals surface area contributed by atoms with Crippen molar-refractivity contribution in [2.24, 2.45) is 0 Å². The van der Waals surface area contributed by atoms with Crippen molar-refractivity contribution in [3.05, 3.63) is 66.2 Å². The number of nitrogens with zero attached hydrogens (tertiary/aromatic N) is 2. The lowest BCUT2D eigenvalue weighted by Gasteiger charge is -2.27. The fraction of sp³-hybridized carbons (Fsp3) is 0.316. The van der Waals surface area contributed by atoms with E-state index < -0.39 is 16.1 Å². The molecule has 3 rings (SSSR count). The number of hydrogen-bond donors (Lipinski definition) is 0. The van der Waals surface area contributed by atoms with Crippen LogP contribution in [0, 0.1) is 0 Å². The van der Waals surface area contributed by atoms with Crippen LogP contribution in [0.2, 0.25) is 0 Å². The lowest BCUT2D eigenvalue weighted by atomic mass is 10.1. The first-order valence-corrected chi connectivity index (χ1v) is 9.80. The van der Waals surface area contributed by atoms with Gasteiger partial charge in [0.25, 0.3) is 0 Å². The normalized spacial score (nSPS) is 18.2. The summed E-state index contributed by atoms with van der Waals surface area (Å²) < 4.78 is 27.1. The van der Waals surface area contributed by atoms with Crippen molar-refractivity contribution >= 4 is 15.9 Å². The average molecular weight is 358 g/mol. The van der Waals surface area contributed by atoms with Crippen LogP contribution in [0.15, 0.2) is 65.6 Å². The predicted molar refractivity (Wildman–Crippen MR) is 96.3 cm³/mol. The lowest BCUT2D eigenvalue weighted by Crippen LogP contribution is -2.46. The molecule has 0 bridgehead atoms. The predicted octanol–water partition coefficient (Wildman–Crippen LogP) is 2.50. The monoisotopic (exact) mass is 358 g/mol. The Hall–Kier alpha value is -2.18. The molecule has 1 unspecified atom stereocenters. The number of amides is 1. The van der Waals surface area contributed by atoms with Crippen LogP contribution in [-0.4, -0.2) is 43.2 Å². The van der Waals surface area contributed by atoms with Gasteiger partial charge in [-0.2, -0.15) is 4.31 Å². The maximum Gasteiger partial charge on any atom is 0.243 e. The highest BCUT2D eigenvalue weighted by Crippen LogP contribution is 2.27. The number of sulfonamides is 1. The highest BCUT2D eigenvalue weighted by molar-refractivity contribution is 7.89. The zero-order valence-corrected chi connectivity index (χ0v) is 15.0. The molecule has 1 amide bonds. The SMILES string of the molecule is CN(Cc1ccccc1)C(=O)C1CCCN1S(=O)(=O)c1ccccc1. The van der Waals surface area contributed by atoms with Gasteiger partial charge in [-0.25, -0.2) is 8.42 Å². The van der Waals surface area contributed by atoms with Crippen LogP contribution in [-0.2, 0) is 21.4 Å². The van der Waals surface area contributed by atoms with Gasteiger partial charge in [0.2, 0.25) is 15.9 Å². The number of hydrogen-bond acceptors (Lipinski definition) is 3. The smallest absolute Gasteiger partial charge is 0.243 e. The van der Waals surface area contributed by atoms with Gasteiger partial charge in [-0.1, -0.05) is 48.5 Å². The lowest BCUT2D eigenvalue weighted by molar-refractivity contribution is -0.133. The quantitative estimate of drug-likeness (QED) is 0.825. The molecule has 0 N–H and O–H groups in total. The zero-order valence-electron chi connectivity index (χ0n) is 14.2. The van der Waals surface area contributed by atoms with E-state index in [1.165, 1.54) is 4.31 Å². The fourth-order valence-electron chi connectivity index (χ4n) is 3.19. The molecule has 5 nitrogen and oxygen atoms in total. The van der Waals surface area contributed by atoms with Gasteiger partial charge < -0.3 is 4.90 Å². The molecule has 1 aliphatic heterocycles. The maximum absolute atomic E-state index is 12.9. The minimum absolute atomic E-state index is 0.152. The Morgan fingerprint density at radius 2 is 1.68 bits per heavy atom. The van der Waals surface area contributed by atoms with Crippen molar-refractivity contribution in [2.75, 3.05) is 13.6 Å². The van der Waals surface area contributed by atoms with E-state index in [1.807, 2.05) is 30.3 Å². The highest BCUT2D eigenvalue weighted by atomic mass is 32.2. The van der Waals surface area contributed by atoms with Gasteiger partial charge in [-0.3, -0.25) is 4.79 Å². The van der Waals surface area contributed by atoms with Crippen LogP contribution >= 0.6 is 0 Å². The first-order chi connectivity index (χ1) is 12.0. The van der Waals surface area contributed by atoms with Gasteiger partial charge in [-0.15, -0.1) is 0 Å². The Morgan fingerprint density at radius 3 is 2.32 bits per heavy atom. The molecule has 1 aliphatic rings. The third-order valence-corrected chi connectivity index (χ3v) is 6.40. The molecular formula is C19H22N2O3S. The van der Waals surface area contributed by atoms with Crippen molar-refractivity contribution in [3.63, 3.8) is 0 Å². The van der Waals surface area contributed by atoms with E-state index in [0.717, 1.165) is 5.56 Å². The summed E-state index contributed by atoms with van der Waals surface area (Å²) in [6, 6.07) is 17.4. The molecule has 1 fully saturated rings. The highest BCUT2D eigenvalue weighted by Gasteiger charge is 2.40. The molecule has 1 saturated heterocycles. The second-order valence-corrected chi connectivity index (χ2v) is 8.16. The average Bonchev–Trinajstić information content (AvgIpc) is 3.13. The summed E-state index contributed by atoms with van der Waals surface area (Å²) in [5.74, 6) is -0.152. The number of rotatable bonds is 5. The summed E-state index contributed by atoms with van der Waals surface area (Å²) in [7, 11) is -1.93. The van der Waals surface area contributed by atoms with Crippen LogP contribution in [0.1, 0.15) is 18.4 Å². The minimum Gasteiger partial charge on any atom is -0.340 e. The van der Waals surface area contributed by atoms with E-state index in [9.17, 15) is 13.2 Å². The maximum atomic E-state index is 12.9. The Morgan fingerprint density at radius 1 is 1.08 bits per heavy atom. The van der Waals surface area contributed by atoms with Gasteiger partial charge >= 0.3 is 0 Å². The van der Waals surface area contributed by atoms with E-state index >= 15 is 0 Å². The summed E-state index contributed by atoms with van der Waals surface area (Å²) in [6.07, 6.45) is 1.26. The van der Waals surface area contributed by atoms with Gasteiger partial charge in [0.1, 0.15) is 6.04 Å².